The molecular weight excluding hydrogens is 202 g/mol. The molecule has 0 spiro atoms. The Bertz CT molecular complexity index is 291. The van der Waals surface area contributed by atoms with Gasteiger partial charge in [0.15, 0.2) is 0 Å². The second-order valence-electron chi connectivity index (χ2n) is 4.86. The molecule has 1 saturated carbocycles. The maximum absolute atomic E-state index is 9.54. The smallest absolute Gasteiger partial charge is 0.120 e. The summed E-state index contributed by atoms with van der Waals surface area (Å²) in [6.07, 6.45) is 9.72. The highest BCUT2D eigenvalue weighted by molar-refractivity contribution is 4.88. The number of nitrogens with one attached hydrogen (secondary N) is 2. The lowest BCUT2D eigenvalue weighted by Gasteiger charge is -2.35. The van der Waals surface area contributed by atoms with Crippen LogP contribution in [0.5, 0.6) is 0 Å². The van der Waals surface area contributed by atoms with Crippen LogP contribution < -0.4 is 5.32 Å². The van der Waals surface area contributed by atoms with Gasteiger partial charge in [0.25, 0.3) is 0 Å². The van der Waals surface area contributed by atoms with E-state index >= 15 is 0 Å². The van der Waals surface area contributed by atoms with Gasteiger partial charge in [-0.2, -0.15) is 0 Å². The number of aromatic nitrogens is 2. The molecule has 0 radical (unpaired) electrons. The lowest BCUT2D eigenvalue weighted by molar-refractivity contribution is 0.0809. The van der Waals surface area contributed by atoms with Crippen LogP contribution in [0.15, 0.2) is 12.4 Å². The number of aromatic amines is 1. The molecule has 1 aromatic heterocycles. The Balaban J connectivity index is 1.78. The van der Waals surface area contributed by atoms with Gasteiger partial charge in [0.05, 0.1) is 6.54 Å². The summed E-state index contributed by atoms with van der Waals surface area (Å²) < 4.78 is 0. The molecule has 0 aliphatic heterocycles. The monoisotopic (exact) mass is 223 g/mol. The lowest BCUT2D eigenvalue weighted by atomic mass is 9.74. The average molecular weight is 223 g/mol. The van der Waals surface area contributed by atoms with Crippen molar-refractivity contribution in [2.45, 2.75) is 38.6 Å². The fraction of sp³-hybridized carbons (Fsp3) is 0.750. The van der Waals surface area contributed by atoms with Gasteiger partial charge < -0.3 is 15.4 Å². The normalized spacial score (nSPS) is 19.8. The summed E-state index contributed by atoms with van der Waals surface area (Å²) in [5.74, 6) is 0.962. The maximum Gasteiger partial charge on any atom is 0.120 e. The predicted octanol–water partition coefficient (Wildman–Crippen LogP) is 1.44. The first-order chi connectivity index (χ1) is 7.85. The molecule has 0 saturated heterocycles. The topological polar surface area (TPSA) is 60.9 Å². The molecule has 1 aliphatic rings. The second-order valence-corrected chi connectivity index (χ2v) is 4.86. The molecule has 0 atom stereocenters. The van der Waals surface area contributed by atoms with Gasteiger partial charge in [-0.05, 0) is 12.8 Å². The zero-order valence-corrected chi connectivity index (χ0v) is 9.71. The zero-order chi connectivity index (χ0) is 11.3. The molecule has 1 aliphatic carbocycles. The SMILES string of the molecule is OCC1(CNCc2ncc[nH]2)CCCCC1. The number of imidazole rings is 1. The third-order valence-electron chi connectivity index (χ3n) is 3.60. The van der Waals surface area contributed by atoms with Crippen LogP contribution in [0.25, 0.3) is 0 Å². The number of hydrogen-bond donors (Lipinski definition) is 3. The van der Waals surface area contributed by atoms with Crippen molar-refractivity contribution in [1.82, 2.24) is 15.3 Å². The molecule has 4 nitrogen and oxygen atoms in total. The Labute approximate surface area is 96.5 Å². The van der Waals surface area contributed by atoms with E-state index in [2.05, 4.69) is 15.3 Å². The second kappa shape index (κ2) is 5.46. The Morgan fingerprint density at radius 2 is 2.19 bits per heavy atom. The quantitative estimate of drug-likeness (QED) is 0.708. The minimum atomic E-state index is 0.116. The van der Waals surface area contributed by atoms with Crippen LogP contribution in [0.2, 0.25) is 0 Å². The average Bonchev–Trinajstić information content (AvgIpc) is 2.83. The van der Waals surface area contributed by atoms with Crippen molar-refractivity contribution in [2.24, 2.45) is 5.41 Å². The van der Waals surface area contributed by atoms with Gasteiger partial charge in [-0.25, -0.2) is 4.98 Å². The Morgan fingerprint density at radius 1 is 1.38 bits per heavy atom. The third-order valence-corrected chi connectivity index (χ3v) is 3.60. The first-order valence-electron chi connectivity index (χ1n) is 6.14. The van der Waals surface area contributed by atoms with Gasteiger partial charge in [-0.3, -0.25) is 0 Å². The number of rotatable bonds is 5. The summed E-state index contributed by atoms with van der Waals surface area (Å²) in [6.45, 7) is 1.96. The predicted molar refractivity (Wildman–Crippen MR) is 62.9 cm³/mol. The lowest BCUT2D eigenvalue weighted by Crippen LogP contribution is -2.39. The van der Waals surface area contributed by atoms with Crippen LogP contribution in [-0.2, 0) is 6.54 Å². The van der Waals surface area contributed by atoms with E-state index in [0.29, 0.717) is 6.61 Å². The fourth-order valence-electron chi connectivity index (χ4n) is 2.53. The molecule has 0 aromatic carbocycles. The van der Waals surface area contributed by atoms with Crippen LogP contribution in [-0.4, -0.2) is 28.2 Å². The first kappa shape index (κ1) is 11.6. The Hall–Kier alpha value is -0.870. The van der Waals surface area contributed by atoms with Gasteiger partial charge in [0.2, 0.25) is 0 Å². The molecule has 4 heteroatoms. The number of aliphatic hydroxyl groups excluding tert-OH is 1. The van der Waals surface area contributed by atoms with Crippen molar-refractivity contribution in [1.29, 1.82) is 0 Å². The van der Waals surface area contributed by atoms with Crippen LogP contribution in [0.1, 0.15) is 37.9 Å². The van der Waals surface area contributed by atoms with E-state index in [1.54, 1.807) is 6.20 Å². The maximum atomic E-state index is 9.54. The van der Waals surface area contributed by atoms with Gasteiger partial charge in [-0.1, -0.05) is 19.3 Å². The van der Waals surface area contributed by atoms with Gasteiger partial charge in [0, 0.05) is 31.0 Å². The molecule has 0 amide bonds. The van der Waals surface area contributed by atoms with Crippen LogP contribution in [0.3, 0.4) is 0 Å². The van der Waals surface area contributed by atoms with E-state index in [-0.39, 0.29) is 5.41 Å². The van der Waals surface area contributed by atoms with E-state index in [0.717, 1.165) is 31.8 Å². The molecule has 90 valence electrons. The minimum Gasteiger partial charge on any atom is -0.396 e. The van der Waals surface area contributed by atoms with Crippen molar-refractivity contribution in [3.8, 4) is 0 Å². The van der Waals surface area contributed by atoms with Crippen LogP contribution in [0.4, 0.5) is 0 Å². The first-order valence-corrected chi connectivity index (χ1v) is 6.14. The summed E-state index contributed by atoms with van der Waals surface area (Å²) >= 11 is 0. The molecule has 16 heavy (non-hydrogen) atoms. The van der Waals surface area contributed by atoms with Gasteiger partial charge in [-0.15, -0.1) is 0 Å². The van der Waals surface area contributed by atoms with E-state index in [1.807, 2.05) is 6.20 Å². The van der Waals surface area contributed by atoms with E-state index < -0.39 is 0 Å². The number of hydrogen-bond acceptors (Lipinski definition) is 3. The van der Waals surface area contributed by atoms with Crippen molar-refractivity contribution in [3.05, 3.63) is 18.2 Å². The summed E-state index contributed by atoms with van der Waals surface area (Å²) in [5, 5.41) is 12.9. The highest BCUT2D eigenvalue weighted by atomic mass is 16.3. The molecule has 3 N–H and O–H groups in total. The standard InChI is InChI=1S/C12H21N3O/c16-10-12(4-2-1-3-5-12)9-13-8-11-14-6-7-15-11/h6-7,13,16H,1-5,8-10H2,(H,14,15). The Morgan fingerprint density at radius 3 is 2.81 bits per heavy atom. The minimum absolute atomic E-state index is 0.116. The number of nitrogens with zero attached hydrogens (tertiary/aromatic N) is 1. The third kappa shape index (κ3) is 2.83. The fourth-order valence-corrected chi connectivity index (χ4v) is 2.53. The molecule has 1 fully saturated rings. The highest BCUT2D eigenvalue weighted by Crippen LogP contribution is 2.35. The molecule has 2 rings (SSSR count). The van der Waals surface area contributed by atoms with Crippen LogP contribution in [0, 0.1) is 5.41 Å². The van der Waals surface area contributed by atoms with Crippen molar-refractivity contribution in [2.75, 3.05) is 13.2 Å². The van der Waals surface area contributed by atoms with E-state index in [1.165, 1.54) is 19.3 Å². The summed E-state index contributed by atoms with van der Waals surface area (Å²) in [5.41, 5.74) is 0.116. The van der Waals surface area contributed by atoms with E-state index in [4.69, 9.17) is 0 Å². The van der Waals surface area contributed by atoms with E-state index in [9.17, 15) is 5.11 Å². The highest BCUT2D eigenvalue weighted by Gasteiger charge is 2.30. The van der Waals surface area contributed by atoms with Crippen LogP contribution >= 0.6 is 0 Å². The number of aliphatic hydroxyl groups is 1. The van der Waals surface area contributed by atoms with Gasteiger partial charge >= 0.3 is 0 Å². The summed E-state index contributed by atoms with van der Waals surface area (Å²) in [6, 6.07) is 0. The molecular formula is C12H21N3O. The molecule has 1 aromatic rings. The molecule has 1 heterocycles. The van der Waals surface area contributed by atoms with Crippen molar-refractivity contribution in [3.63, 3.8) is 0 Å². The summed E-state index contributed by atoms with van der Waals surface area (Å²) in [7, 11) is 0. The Kier molecular flexibility index (Phi) is 3.96. The molecule has 0 unspecified atom stereocenters. The molecule has 0 bridgehead atoms. The summed E-state index contributed by atoms with van der Waals surface area (Å²) in [4.78, 5) is 7.24. The zero-order valence-electron chi connectivity index (χ0n) is 9.71. The number of H-pyrrole nitrogens is 1. The largest absolute Gasteiger partial charge is 0.396 e. The van der Waals surface area contributed by atoms with Gasteiger partial charge in [0.1, 0.15) is 5.82 Å². The van der Waals surface area contributed by atoms with Crippen molar-refractivity contribution >= 4 is 0 Å². The van der Waals surface area contributed by atoms with Crippen molar-refractivity contribution < 1.29 is 5.11 Å².